The quantitative estimate of drug-likeness (QED) is 0.689. The zero-order valence-electron chi connectivity index (χ0n) is 15.7. The van der Waals surface area contributed by atoms with Gasteiger partial charge in [0.2, 0.25) is 6.36 Å². The van der Waals surface area contributed by atoms with Gasteiger partial charge in [-0.2, -0.15) is 10.1 Å². The number of hydrogen-bond acceptors (Lipinski definition) is 5. The number of ether oxygens (including phenoxy) is 1. The van der Waals surface area contributed by atoms with Gasteiger partial charge in [0.1, 0.15) is 12.1 Å². The van der Waals surface area contributed by atoms with Crippen molar-refractivity contribution < 1.29 is 9.13 Å². The van der Waals surface area contributed by atoms with Crippen molar-refractivity contribution in [2.75, 3.05) is 13.1 Å². The predicted octanol–water partition coefficient (Wildman–Crippen LogP) is 3.51. The number of aryl methyl sites for hydroxylation is 1. The first-order valence-electron chi connectivity index (χ1n) is 9.38. The fourth-order valence-electron chi connectivity index (χ4n) is 3.85. The molecule has 0 aliphatic carbocycles. The Morgan fingerprint density at radius 3 is 3.07 bits per heavy atom. The lowest BCUT2D eigenvalue weighted by Gasteiger charge is -2.33. The molecular formula is C20H24FN5O. The van der Waals surface area contributed by atoms with Crippen LogP contribution in [0, 0.1) is 6.92 Å². The van der Waals surface area contributed by atoms with E-state index in [1.165, 1.54) is 12.6 Å². The molecule has 1 aliphatic rings. The SMILES string of the molecule is Cc1cc(C2CCCN(Cc3cccc(OC(C)F)c3)C2)n2ncnc2n1. The van der Waals surface area contributed by atoms with Crippen LogP contribution in [-0.4, -0.2) is 43.9 Å². The number of fused-ring (bicyclic) bond motifs is 1. The summed E-state index contributed by atoms with van der Waals surface area (Å²) in [6, 6.07) is 9.81. The van der Waals surface area contributed by atoms with Crippen molar-refractivity contribution in [1.82, 2.24) is 24.5 Å². The van der Waals surface area contributed by atoms with E-state index in [0.717, 1.165) is 43.7 Å². The van der Waals surface area contributed by atoms with Gasteiger partial charge in [-0.15, -0.1) is 0 Å². The minimum absolute atomic E-state index is 0.384. The zero-order valence-corrected chi connectivity index (χ0v) is 15.7. The number of alkyl halides is 1. The summed E-state index contributed by atoms with van der Waals surface area (Å²) in [5.74, 6) is 1.62. The molecule has 7 heteroatoms. The minimum atomic E-state index is -1.31. The highest BCUT2D eigenvalue weighted by Crippen LogP contribution is 2.28. The maximum Gasteiger partial charge on any atom is 0.252 e. The fourth-order valence-corrected chi connectivity index (χ4v) is 3.85. The Bertz CT molecular complexity index is 926. The minimum Gasteiger partial charge on any atom is -0.461 e. The number of piperidine rings is 1. The molecule has 0 radical (unpaired) electrons. The second kappa shape index (κ2) is 7.60. The van der Waals surface area contributed by atoms with Crippen molar-refractivity contribution in [3.8, 4) is 5.75 Å². The molecule has 0 amide bonds. The van der Waals surface area contributed by atoms with E-state index in [4.69, 9.17) is 4.74 Å². The van der Waals surface area contributed by atoms with E-state index in [0.29, 0.717) is 17.4 Å². The number of rotatable bonds is 5. The summed E-state index contributed by atoms with van der Waals surface area (Å²) < 4.78 is 20.1. The molecule has 3 aromatic rings. The van der Waals surface area contributed by atoms with Crippen molar-refractivity contribution in [3.63, 3.8) is 0 Å². The van der Waals surface area contributed by atoms with Crippen LogP contribution in [0.2, 0.25) is 0 Å². The Balaban J connectivity index is 1.51. The van der Waals surface area contributed by atoms with Crippen LogP contribution >= 0.6 is 0 Å². The molecule has 2 atom stereocenters. The molecule has 0 bridgehead atoms. The van der Waals surface area contributed by atoms with Crippen molar-refractivity contribution in [1.29, 1.82) is 0 Å². The van der Waals surface area contributed by atoms with Gasteiger partial charge in [0.15, 0.2) is 0 Å². The maximum absolute atomic E-state index is 13.1. The highest BCUT2D eigenvalue weighted by atomic mass is 19.1. The average molecular weight is 369 g/mol. The standard InChI is InChI=1S/C20H24FN5O/c1-14-9-19(26-20(24-14)22-13-23-26)17-6-4-8-25(12-17)11-16-5-3-7-18(10-16)27-15(2)21/h3,5,7,9-10,13,15,17H,4,6,8,11-12H2,1-2H3. The molecule has 1 saturated heterocycles. The third kappa shape index (κ3) is 4.08. The molecule has 142 valence electrons. The summed E-state index contributed by atoms with van der Waals surface area (Å²) in [6.07, 6.45) is 2.50. The topological polar surface area (TPSA) is 55.6 Å². The molecule has 2 unspecified atom stereocenters. The first-order valence-corrected chi connectivity index (χ1v) is 9.38. The normalized spacial score (nSPS) is 19.3. The largest absolute Gasteiger partial charge is 0.461 e. The Hall–Kier alpha value is -2.54. The smallest absolute Gasteiger partial charge is 0.252 e. The second-order valence-corrected chi connectivity index (χ2v) is 7.18. The second-order valence-electron chi connectivity index (χ2n) is 7.18. The van der Waals surface area contributed by atoms with Crippen LogP contribution in [0.15, 0.2) is 36.7 Å². The molecule has 6 nitrogen and oxygen atoms in total. The molecule has 3 heterocycles. The van der Waals surface area contributed by atoms with Gasteiger partial charge in [0.25, 0.3) is 5.78 Å². The van der Waals surface area contributed by atoms with Crippen molar-refractivity contribution >= 4 is 5.78 Å². The molecular weight excluding hydrogens is 345 g/mol. The van der Waals surface area contributed by atoms with Gasteiger partial charge in [0.05, 0.1) is 5.69 Å². The van der Waals surface area contributed by atoms with E-state index in [1.54, 1.807) is 12.4 Å². The number of halogens is 1. The van der Waals surface area contributed by atoms with Crippen LogP contribution in [-0.2, 0) is 6.54 Å². The van der Waals surface area contributed by atoms with Gasteiger partial charge in [0, 0.05) is 31.6 Å². The van der Waals surface area contributed by atoms with Crippen LogP contribution in [0.25, 0.3) is 5.78 Å². The summed E-state index contributed by atoms with van der Waals surface area (Å²) in [5, 5.41) is 4.36. The van der Waals surface area contributed by atoms with Gasteiger partial charge in [-0.1, -0.05) is 12.1 Å². The highest BCUT2D eigenvalue weighted by Gasteiger charge is 2.24. The van der Waals surface area contributed by atoms with E-state index in [-0.39, 0.29) is 0 Å². The lowest BCUT2D eigenvalue weighted by atomic mass is 9.93. The van der Waals surface area contributed by atoms with Crippen molar-refractivity contribution in [2.24, 2.45) is 0 Å². The molecule has 4 rings (SSSR count). The van der Waals surface area contributed by atoms with E-state index < -0.39 is 6.36 Å². The van der Waals surface area contributed by atoms with E-state index in [2.05, 4.69) is 32.1 Å². The average Bonchev–Trinajstić information content (AvgIpc) is 3.09. The first kappa shape index (κ1) is 17.9. The van der Waals surface area contributed by atoms with Crippen molar-refractivity contribution in [2.45, 2.75) is 45.5 Å². The molecule has 1 aliphatic heterocycles. The lowest BCUT2D eigenvalue weighted by Crippen LogP contribution is -2.34. The summed E-state index contributed by atoms with van der Waals surface area (Å²) >= 11 is 0. The van der Waals surface area contributed by atoms with Gasteiger partial charge in [-0.05, 0) is 50.1 Å². The first-order chi connectivity index (χ1) is 13.1. The molecule has 0 N–H and O–H groups in total. The summed E-state index contributed by atoms with van der Waals surface area (Å²) in [6.45, 7) is 6.20. The predicted molar refractivity (Wildman–Crippen MR) is 100 cm³/mol. The number of nitrogens with zero attached hydrogens (tertiary/aromatic N) is 5. The van der Waals surface area contributed by atoms with Crippen LogP contribution in [0.1, 0.15) is 42.6 Å². The molecule has 1 fully saturated rings. The lowest BCUT2D eigenvalue weighted by molar-refractivity contribution is 0.0858. The molecule has 27 heavy (non-hydrogen) atoms. The van der Waals surface area contributed by atoms with Crippen LogP contribution in [0.5, 0.6) is 5.75 Å². The van der Waals surface area contributed by atoms with Gasteiger partial charge in [-0.25, -0.2) is 13.9 Å². The van der Waals surface area contributed by atoms with Crippen LogP contribution in [0.3, 0.4) is 0 Å². The fraction of sp³-hybridized carbons (Fsp3) is 0.450. The Kier molecular flexibility index (Phi) is 5.03. The number of likely N-dealkylation sites (tertiary alicyclic amines) is 1. The van der Waals surface area contributed by atoms with Crippen LogP contribution < -0.4 is 4.74 Å². The van der Waals surface area contributed by atoms with E-state index in [9.17, 15) is 4.39 Å². The Labute approximate surface area is 158 Å². The third-order valence-electron chi connectivity index (χ3n) is 4.93. The molecule has 0 saturated carbocycles. The third-order valence-corrected chi connectivity index (χ3v) is 4.93. The number of aromatic nitrogens is 4. The van der Waals surface area contributed by atoms with Gasteiger partial charge in [-0.3, -0.25) is 4.90 Å². The van der Waals surface area contributed by atoms with Gasteiger partial charge < -0.3 is 4.74 Å². The Morgan fingerprint density at radius 1 is 1.33 bits per heavy atom. The number of hydrogen-bond donors (Lipinski definition) is 0. The van der Waals surface area contributed by atoms with Crippen molar-refractivity contribution in [3.05, 3.63) is 53.6 Å². The van der Waals surface area contributed by atoms with E-state index in [1.807, 2.05) is 23.6 Å². The summed E-state index contributed by atoms with van der Waals surface area (Å²) in [4.78, 5) is 11.1. The molecule has 0 spiro atoms. The maximum atomic E-state index is 13.1. The zero-order chi connectivity index (χ0) is 18.8. The monoisotopic (exact) mass is 369 g/mol. The molecule has 1 aromatic carbocycles. The summed E-state index contributed by atoms with van der Waals surface area (Å²) in [5.41, 5.74) is 3.27. The molecule has 2 aromatic heterocycles. The number of benzene rings is 1. The van der Waals surface area contributed by atoms with Gasteiger partial charge >= 0.3 is 0 Å². The summed E-state index contributed by atoms with van der Waals surface area (Å²) in [7, 11) is 0. The Morgan fingerprint density at radius 2 is 2.22 bits per heavy atom. The highest BCUT2D eigenvalue weighted by molar-refractivity contribution is 5.32. The van der Waals surface area contributed by atoms with E-state index >= 15 is 0 Å². The van der Waals surface area contributed by atoms with Crippen LogP contribution in [0.4, 0.5) is 4.39 Å².